The van der Waals surface area contributed by atoms with Gasteiger partial charge in [0.1, 0.15) is 13.0 Å². The maximum Gasteiger partial charge on any atom is 0.256 e. The average Bonchev–Trinajstić information content (AvgIpc) is 3.15. The average molecular weight is 355 g/mol. The fourth-order valence-corrected chi connectivity index (χ4v) is 2.63. The number of carbonyl (C=O) groups is 1. The lowest BCUT2D eigenvalue weighted by molar-refractivity contribution is 0.0666. The van der Waals surface area contributed by atoms with Gasteiger partial charge in [-0.1, -0.05) is 0 Å². The summed E-state index contributed by atoms with van der Waals surface area (Å²) < 4.78 is 14.6. The number of aryl methyl sites for hydroxylation is 1. The minimum atomic E-state index is -0.675. The molecule has 1 amide bonds. The maximum absolute atomic E-state index is 13.1. The normalized spacial score (nSPS) is 12.0. The van der Waals surface area contributed by atoms with Gasteiger partial charge in [-0.25, -0.2) is 19.3 Å². The molecular formula is C17H18FN7O. The van der Waals surface area contributed by atoms with Crippen LogP contribution in [0.2, 0.25) is 0 Å². The van der Waals surface area contributed by atoms with Crippen LogP contribution < -0.4 is 0 Å². The topological polar surface area (TPSA) is 89.7 Å². The molecule has 3 rings (SSSR count). The Hall–Kier alpha value is -3.23. The zero-order chi connectivity index (χ0) is 18.5. The summed E-state index contributed by atoms with van der Waals surface area (Å²) in [7, 11) is 0. The van der Waals surface area contributed by atoms with E-state index >= 15 is 0 Å². The van der Waals surface area contributed by atoms with Gasteiger partial charge in [0.2, 0.25) is 0 Å². The predicted octanol–water partition coefficient (Wildman–Crippen LogP) is 1.93. The molecule has 134 valence electrons. The molecule has 0 spiro atoms. The summed E-state index contributed by atoms with van der Waals surface area (Å²) in [6, 6.07) is 2.87. The summed E-state index contributed by atoms with van der Waals surface area (Å²) >= 11 is 0. The number of hydrogen-bond acceptors (Lipinski definition) is 6. The van der Waals surface area contributed by atoms with Crippen LogP contribution in [0.25, 0.3) is 5.95 Å². The van der Waals surface area contributed by atoms with E-state index in [0.717, 1.165) is 5.56 Å². The highest BCUT2D eigenvalue weighted by Gasteiger charge is 2.27. The van der Waals surface area contributed by atoms with E-state index in [1.54, 1.807) is 37.6 Å². The van der Waals surface area contributed by atoms with E-state index < -0.39 is 12.7 Å². The minimum Gasteiger partial charge on any atom is -0.326 e. The molecule has 0 bridgehead atoms. The van der Waals surface area contributed by atoms with Crippen LogP contribution in [0.4, 0.5) is 4.39 Å². The lowest BCUT2D eigenvalue weighted by atomic mass is 10.1. The standard InChI is InChI=1S/C17H18FN7O/c1-12-8-14(10-19-9-12)16(26)24(7-4-18)13(2)15-22-11-23-25(15)17-20-5-3-6-21-17/h3,5-6,8-11,13H,4,7H2,1-2H3. The van der Waals surface area contributed by atoms with Gasteiger partial charge in [0.15, 0.2) is 5.82 Å². The van der Waals surface area contributed by atoms with Crippen LogP contribution in [0.3, 0.4) is 0 Å². The van der Waals surface area contributed by atoms with Gasteiger partial charge in [-0.2, -0.15) is 9.78 Å². The zero-order valence-electron chi connectivity index (χ0n) is 14.4. The number of hydrogen-bond donors (Lipinski definition) is 0. The van der Waals surface area contributed by atoms with Crippen molar-refractivity contribution in [3.05, 3.63) is 60.2 Å². The number of aromatic nitrogens is 6. The van der Waals surface area contributed by atoms with E-state index in [-0.39, 0.29) is 12.5 Å². The smallest absolute Gasteiger partial charge is 0.256 e. The molecule has 3 heterocycles. The first-order valence-electron chi connectivity index (χ1n) is 8.07. The Kier molecular flexibility index (Phi) is 5.26. The molecule has 0 saturated heterocycles. The Morgan fingerprint density at radius 3 is 2.73 bits per heavy atom. The first kappa shape index (κ1) is 17.6. The Morgan fingerprint density at radius 1 is 1.27 bits per heavy atom. The largest absolute Gasteiger partial charge is 0.326 e. The molecule has 3 aromatic heterocycles. The molecular weight excluding hydrogens is 337 g/mol. The van der Waals surface area contributed by atoms with E-state index in [0.29, 0.717) is 17.3 Å². The summed E-state index contributed by atoms with van der Waals surface area (Å²) in [6.45, 7) is 2.86. The summed E-state index contributed by atoms with van der Waals surface area (Å²) in [5, 5.41) is 4.13. The fraction of sp³-hybridized carbons (Fsp3) is 0.294. The van der Waals surface area contributed by atoms with Crippen molar-refractivity contribution in [1.29, 1.82) is 0 Å². The van der Waals surface area contributed by atoms with E-state index in [4.69, 9.17) is 0 Å². The van der Waals surface area contributed by atoms with E-state index in [9.17, 15) is 9.18 Å². The first-order chi connectivity index (χ1) is 12.6. The predicted molar refractivity (Wildman–Crippen MR) is 91.3 cm³/mol. The molecule has 0 fully saturated rings. The Labute approximate surface area is 149 Å². The third-order valence-electron chi connectivity index (χ3n) is 3.87. The molecule has 1 atom stereocenters. The molecule has 26 heavy (non-hydrogen) atoms. The van der Waals surface area contributed by atoms with Crippen LogP contribution in [-0.4, -0.2) is 53.7 Å². The van der Waals surface area contributed by atoms with Crippen LogP contribution in [0.15, 0.2) is 43.2 Å². The number of rotatable bonds is 6. The first-order valence-corrected chi connectivity index (χ1v) is 8.07. The number of carbonyl (C=O) groups excluding carboxylic acids is 1. The van der Waals surface area contributed by atoms with Crippen LogP contribution >= 0.6 is 0 Å². The molecule has 0 aliphatic rings. The Bertz CT molecular complexity index is 884. The van der Waals surface area contributed by atoms with Crippen LogP contribution in [-0.2, 0) is 0 Å². The minimum absolute atomic E-state index is 0.0730. The van der Waals surface area contributed by atoms with Gasteiger partial charge >= 0.3 is 0 Å². The molecule has 0 N–H and O–H groups in total. The lowest BCUT2D eigenvalue weighted by Crippen LogP contribution is -2.36. The van der Waals surface area contributed by atoms with Crippen molar-refractivity contribution in [2.75, 3.05) is 13.2 Å². The van der Waals surface area contributed by atoms with E-state index in [1.807, 2.05) is 6.92 Å². The second kappa shape index (κ2) is 7.77. The van der Waals surface area contributed by atoms with Gasteiger partial charge in [-0.3, -0.25) is 9.78 Å². The SMILES string of the molecule is Cc1cncc(C(=O)N(CCF)C(C)c2ncnn2-c2ncccn2)c1. The number of alkyl halides is 1. The molecule has 9 heteroatoms. The van der Waals surface area contributed by atoms with Gasteiger partial charge in [0.25, 0.3) is 11.9 Å². The lowest BCUT2D eigenvalue weighted by Gasteiger charge is -2.27. The van der Waals surface area contributed by atoms with Crippen molar-refractivity contribution in [3.8, 4) is 5.95 Å². The van der Waals surface area contributed by atoms with Crippen molar-refractivity contribution in [2.24, 2.45) is 0 Å². The number of pyridine rings is 1. The van der Waals surface area contributed by atoms with Crippen LogP contribution in [0.5, 0.6) is 0 Å². The van der Waals surface area contributed by atoms with Gasteiger partial charge in [-0.15, -0.1) is 0 Å². The molecule has 3 aromatic rings. The van der Waals surface area contributed by atoms with E-state index in [2.05, 4.69) is 25.0 Å². The number of amides is 1. The summed E-state index contributed by atoms with van der Waals surface area (Å²) in [4.78, 5) is 30.9. The molecule has 1 unspecified atom stereocenters. The molecule has 0 aliphatic carbocycles. The molecule has 8 nitrogen and oxygen atoms in total. The Balaban J connectivity index is 1.94. The highest BCUT2D eigenvalue weighted by molar-refractivity contribution is 5.94. The monoisotopic (exact) mass is 355 g/mol. The van der Waals surface area contributed by atoms with Crippen LogP contribution in [0, 0.1) is 6.92 Å². The second-order valence-corrected chi connectivity index (χ2v) is 5.69. The van der Waals surface area contributed by atoms with Crippen molar-refractivity contribution >= 4 is 5.91 Å². The summed E-state index contributed by atoms with van der Waals surface area (Å²) in [5.41, 5.74) is 1.25. The van der Waals surface area contributed by atoms with Gasteiger partial charge < -0.3 is 4.90 Å². The fourth-order valence-electron chi connectivity index (χ4n) is 2.63. The highest BCUT2D eigenvalue weighted by Crippen LogP contribution is 2.22. The molecule has 0 radical (unpaired) electrons. The third-order valence-corrected chi connectivity index (χ3v) is 3.87. The third kappa shape index (κ3) is 3.56. The van der Waals surface area contributed by atoms with Crippen molar-refractivity contribution in [3.63, 3.8) is 0 Å². The maximum atomic E-state index is 13.1. The molecule has 0 aliphatic heterocycles. The van der Waals surface area contributed by atoms with E-state index in [1.165, 1.54) is 22.1 Å². The quantitative estimate of drug-likeness (QED) is 0.671. The second-order valence-electron chi connectivity index (χ2n) is 5.69. The highest BCUT2D eigenvalue weighted by atomic mass is 19.1. The van der Waals surface area contributed by atoms with Crippen molar-refractivity contribution < 1.29 is 9.18 Å². The van der Waals surface area contributed by atoms with Gasteiger partial charge in [0.05, 0.1) is 18.2 Å². The zero-order valence-corrected chi connectivity index (χ0v) is 14.4. The molecule has 0 saturated carbocycles. The number of halogens is 1. The van der Waals surface area contributed by atoms with Gasteiger partial charge in [0, 0.05) is 24.8 Å². The summed E-state index contributed by atoms with van der Waals surface area (Å²) in [6.07, 6.45) is 7.65. The van der Waals surface area contributed by atoms with Crippen LogP contribution in [0.1, 0.15) is 34.7 Å². The molecule has 0 aromatic carbocycles. The Morgan fingerprint density at radius 2 is 2.04 bits per heavy atom. The van der Waals surface area contributed by atoms with Crippen molar-refractivity contribution in [1.82, 2.24) is 34.6 Å². The van der Waals surface area contributed by atoms with Gasteiger partial charge in [-0.05, 0) is 31.5 Å². The summed E-state index contributed by atoms with van der Waals surface area (Å²) in [5.74, 6) is 0.449. The van der Waals surface area contributed by atoms with Crippen molar-refractivity contribution in [2.45, 2.75) is 19.9 Å². The number of nitrogens with zero attached hydrogens (tertiary/aromatic N) is 7.